The van der Waals surface area contributed by atoms with Crippen molar-refractivity contribution < 1.29 is 37.6 Å². The molecule has 1 amide bonds. The van der Waals surface area contributed by atoms with Gasteiger partial charge in [0, 0.05) is 37.6 Å². The third-order valence-electron chi connectivity index (χ3n) is 4.97. The van der Waals surface area contributed by atoms with Gasteiger partial charge in [-0.15, -0.1) is 0 Å². The fraction of sp³-hybridized carbons (Fsp3) is 0.412. The highest BCUT2D eigenvalue weighted by atomic mass is 32.2. The Hall–Kier alpha value is -3.03. The Kier molecular flexibility index (Phi) is 6.05. The number of rotatable bonds is 3. The summed E-state index contributed by atoms with van der Waals surface area (Å²) in [6, 6.07) is 5.09. The largest absolute Gasteiger partial charge is 0.473 e. The van der Waals surface area contributed by atoms with Crippen molar-refractivity contribution in [3.05, 3.63) is 29.5 Å². The summed E-state index contributed by atoms with van der Waals surface area (Å²) in [5.41, 5.74) is 1.40. The van der Waals surface area contributed by atoms with Crippen LogP contribution in [0.3, 0.4) is 0 Å². The Morgan fingerprint density at radius 3 is 2.47 bits per heavy atom. The standard InChI is InChI=1S/C15H18N4O4S.C2H2O4/c20-15(19-6-5-18-4-3-11(19)8-18)14-12-7-10(9-24(21,22)23)1-2-13(12)16-17-14;3-1(4)2(5)6/h1-2,7,11H,3-6,8-9H2,(H,16,17)(H,21,22,23);(H,3,4)(H,5,6). The minimum absolute atomic E-state index is 0.128. The number of H-pyrrole nitrogens is 1. The Bertz CT molecular complexity index is 1080. The molecule has 2 bridgehead atoms. The van der Waals surface area contributed by atoms with Gasteiger partial charge < -0.3 is 15.1 Å². The molecule has 1 aromatic heterocycles. The van der Waals surface area contributed by atoms with Crippen LogP contribution in [0.25, 0.3) is 10.9 Å². The van der Waals surface area contributed by atoms with E-state index in [1.807, 2.05) is 4.90 Å². The van der Waals surface area contributed by atoms with Crippen molar-refractivity contribution in [3.63, 3.8) is 0 Å². The molecule has 4 rings (SSSR count). The molecule has 2 fully saturated rings. The topological polar surface area (TPSA) is 181 Å². The number of benzene rings is 1. The van der Waals surface area contributed by atoms with E-state index in [2.05, 4.69) is 15.1 Å². The van der Waals surface area contributed by atoms with Crippen LogP contribution in [0.5, 0.6) is 0 Å². The van der Waals surface area contributed by atoms with Crippen LogP contribution < -0.4 is 0 Å². The molecular weight excluding hydrogens is 420 g/mol. The van der Waals surface area contributed by atoms with Crippen LogP contribution in [0.4, 0.5) is 0 Å². The van der Waals surface area contributed by atoms with Gasteiger partial charge in [0.05, 0.1) is 5.52 Å². The Labute approximate surface area is 170 Å². The zero-order chi connectivity index (χ0) is 22.1. The van der Waals surface area contributed by atoms with E-state index >= 15 is 0 Å². The highest BCUT2D eigenvalue weighted by molar-refractivity contribution is 7.85. The fourth-order valence-electron chi connectivity index (χ4n) is 3.63. The number of carbonyl (C=O) groups is 3. The number of aliphatic carboxylic acids is 2. The fourth-order valence-corrected chi connectivity index (χ4v) is 4.23. The molecule has 0 aliphatic carbocycles. The lowest BCUT2D eigenvalue weighted by atomic mass is 10.1. The number of carboxylic acid groups (broad SMARTS) is 2. The molecule has 2 atom stereocenters. The molecule has 2 unspecified atom stereocenters. The molecule has 30 heavy (non-hydrogen) atoms. The average Bonchev–Trinajstić information content (AvgIpc) is 3.24. The maximum atomic E-state index is 12.9. The number of nitrogens with one attached hydrogen (secondary N) is 1. The van der Waals surface area contributed by atoms with Crippen LogP contribution in [0.15, 0.2) is 18.2 Å². The van der Waals surface area contributed by atoms with E-state index < -0.39 is 27.8 Å². The Balaban J connectivity index is 0.000000377. The minimum atomic E-state index is -4.12. The summed E-state index contributed by atoms with van der Waals surface area (Å²) >= 11 is 0. The first-order valence-electron chi connectivity index (χ1n) is 8.97. The number of amides is 1. The van der Waals surface area contributed by atoms with E-state index in [1.54, 1.807) is 18.2 Å². The van der Waals surface area contributed by atoms with Gasteiger partial charge in [-0.3, -0.25) is 19.3 Å². The quantitative estimate of drug-likeness (QED) is 0.363. The normalized spacial score (nSPS) is 20.5. The molecule has 2 aromatic rings. The summed E-state index contributed by atoms with van der Waals surface area (Å²) in [6.07, 6.45) is 0.974. The summed E-state index contributed by atoms with van der Waals surface area (Å²) in [6.45, 7) is 3.48. The van der Waals surface area contributed by atoms with Gasteiger partial charge in [-0.1, -0.05) is 6.07 Å². The first kappa shape index (κ1) is 21.7. The van der Waals surface area contributed by atoms with Crippen LogP contribution >= 0.6 is 0 Å². The van der Waals surface area contributed by atoms with E-state index in [4.69, 9.17) is 24.4 Å². The summed E-state index contributed by atoms with van der Waals surface area (Å²) in [7, 11) is -4.12. The van der Waals surface area contributed by atoms with Gasteiger partial charge in [0.2, 0.25) is 0 Å². The lowest BCUT2D eigenvalue weighted by Gasteiger charge is -2.33. The number of fused-ring (bicyclic) bond motifs is 3. The molecular formula is C17H20N4O8S. The number of carbonyl (C=O) groups excluding carboxylic acids is 1. The predicted octanol–water partition coefficient (Wildman–Crippen LogP) is -0.364. The van der Waals surface area contributed by atoms with Crippen molar-refractivity contribution in [2.75, 3.05) is 26.2 Å². The second-order valence-corrected chi connectivity index (χ2v) is 8.48. The summed E-state index contributed by atoms with van der Waals surface area (Å²) in [5.74, 6) is -4.26. The molecule has 1 aromatic carbocycles. The molecule has 3 heterocycles. The van der Waals surface area contributed by atoms with Gasteiger partial charge in [0.1, 0.15) is 5.75 Å². The molecule has 2 saturated heterocycles. The maximum Gasteiger partial charge on any atom is 0.414 e. The highest BCUT2D eigenvalue weighted by Crippen LogP contribution is 2.25. The highest BCUT2D eigenvalue weighted by Gasteiger charge is 2.36. The van der Waals surface area contributed by atoms with Crippen molar-refractivity contribution in [2.24, 2.45) is 0 Å². The second-order valence-electron chi connectivity index (χ2n) is 7.03. The van der Waals surface area contributed by atoms with Crippen LogP contribution in [0, 0.1) is 0 Å². The zero-order valence-electron chi connectivity index (χ0n) is 15.7. The summed E-state index contributed by atoms with van der Waals surface area (Å²) in [5, 5.41) is 22.3. The number of aromatic amines is 1. The maximum absolute atomic E-state index is 12.9. The first-order chi connectivity index (χ1) is 14.0. The number of aromatic nitrogens is 2. The molecule has 0 spiro atoms. The third-order valence-corrected chi connectivity index (χ3v) is 5.67. The van der Waals surface area contributed by atoms with Gasteiger partial charge in [0.25, 0.3) is 16.0 Å². The minimum Gasteiger partial charge on any atom is -0.473 e. The van der Waals surface area contributed by atoms with E-state index in [0.29, 0.717) is 28.7 Å². The van der Waals surface area contributed by atoms with Crippen molar-refractivity contribution in [1.82, 2.24) is 20.0 Å². The molecule has 2 aliphatic heterocycles. The molecule has 162 valence electrons. The number of nitrogens with zero attached hydrogens (tertiary/aromatic N) is 3. The lowest BCUT2D eigenvalue weighted by Crippen LogP contribution is -2.49. The van der Waals surface area contributed by atoms with Crippen molar-refractivity contribution in [3.8, 4) is 0 Å². The van der Waals surface area contributed by atoms with Crippen molar-refractivity contribution in [1.29, 1.82) is 0 Å². The van der Waals surface area contributed by atoms with E-state index in [1.165, 1.54) is 0 Å². The first-order valence-corrected chi connectivity index (χ1v) is 10.6. The van der Waals surface area contributed by atoms with Crippen LogP contribution in [0.1, 0.15) is 22.5 Å². The number of hydrogen-bond donors (Lipinski definition) is 4. The number of piperazine rings is 1. The third kappa shape index (κ3) is 4.93. The summed E-state index contributed by atoms with van der Waals surface area (Å²) < 4.78 is 31.2. The van der Waals surface area contributed by atoms with Gasteiger partial charge >= 0.3 is 11.9 Å². The second kappa shape index (κ2) is 8.38. The smallest absolute Gasteiger partial charge is 0.414 e. The summed E-state index contributed by atoms with van der Waals surface area (Å²) in [4.78, 5) is 35.3. The van der Waals surface area contributed by atoms with E-state index in [-0.39, 0.29) is 11.9 Å². The molecule has 4 N–H and O–H groups in total. The average molecular weight is 440 g/mol. The Morgan fingerprint density at radius 1 is 1.13 bits per heavy atom. The predicted molar refractivity (Wildman–Crippen MR) is 102 cm³/mol. The Morgan fingerprint density at radius 2 is 1.83 bits per heavy atom. The van der Waals surface area contributed by atoms with Gasteiger partial charge in [-0.05, 0) is 24.1 Å². The monoisotopic (exact) mass is 440 g/mol. The zero-order valence-corrected chi connectivity index (χ0v) is 16.5. The molecule has 2 aliphatic rings. The lowest BCUT2D eigenvalue weighted by molar-refractivity contribution is -0.159. The van der Waals surface area contributed by atoms with E-state index in [9.17, 15) is 13.2 Å². The van der Waals surface area contributed by atoms with Gasteiger partial charge in [-0.25, -0.2) is 9.59 Å². The van der Waals surface area contributed by atoms with Gasteiger partial charge in [0.15, 0.2) is 5.69 Å². The molecule has 0 saturated carbocycles. The molecule has 0 radical (unpaired) electrons. The van der Waals surface area contributed by atoms with Crippen LogP contribution in [0.2, 0.25) is 0 Å². The number of hydrogen-bond acceptors (Lipinski definition) is 7. The van der Waals surface area contributed by atoms with Gasteiger partial charge in [-0.2, -0.15) is 13.5 Å². The van der Waals surface area contributed by atoms with Crippen LogP contribution in [-0.2, 0) is 25.5 Å². The van der Waals surface area contributed by atoms with E-state index in [0.717, 1.165) is 26.1 Å². The molecule has 13 heteroatoms. The van der Waals surface area contributed by atoms with Crippen molar-refractivity contribution >= 4 is 38.9 Å². The van der Waals surface area contributed by atoms with Crippen LogP contribution in [-0.4, -0.2) is 93.2 Å². The number of carboxylic acids is 2. The molecule has 12 nitrogen and oxygen atoms in total. The van der Waals surface area contributed by atoms with Crippen molar-refractivity contribution in [2.45, 2.75) is 18.2 Å². The SMILES string of the molecule is O=C(O)C(=O)O.O=C(c1n[nH]c2ccc(CS(=O)(=O)O)cc12)N1CCN2CCC1C2.